The summed E-state index contributed by atoms with van der Waals surface area (Å²) in [6, 6.07) is 23.0. The zero-order valence-electron chi connectivity index (χ0n) is 16.7. The van der Waals surface area contributed by atoms with E-state index in [2.05, 4.69) is 22.4 Å². The molecule has 0 radical (unpaired) electrons. The van der Waals surface area contributed by atoms with Crippen LogP contribution in [0.3, 0.4) is 0 Å². The van der Waals surface area contributed by atoms with Gasteiger partial charge in [-0.15, -0.1) is 0 Å². The van der Waals surface area contributed by atoms with Crippen molar-refractivity contribution >= 4 is 5.91 Å². The van der Waals surface area contributed by atoms with Gasteiger partial charge in [-0.05, 0) is 41.3 Å². The van der Waals surface area contributed by atoms with Crippen LogP contribution >= 0.6 is 0 Å². The molecule has 0 atom stereocenters. The molecule has 30 heavy (non-hydrogen) atoms. The van der Waals surface area contributed by atoms with Gasteiger partial charge in [0.05, 0.1) is 12.1 Å². The van der Waals surface area contributed by atoms with E-state index in [-0.39, 0.29) is 24.7 Å². The third kappa shape index (κ3) is 4.46. The number of rotatable bonds is 6. The first kappa shape index (κ1) is 19.6. The number of carbonyl (C=O) groups excluding carboxylic acids is 1. The Labute approximate surface area is 175 Å². The molecule has 0 fully saturated rings. The molecule has 1 N–H and O–H groups in total. The third-order valence-electron chi connectivity index (χ3n) is 5.01. The first-order valence-corrected chi connectivity index (χ1v) is 9.80. The Morgan fingerprint density at radius 3 is 2.33 bits per heavy atom. The van der Waals surface area contributed by atoms with Crippen molar-refractivity contribution in [2.75, 3.05) is 0 Å². The summed E-state index contributed by atoms with van der Waals surface area (Å²) in [4.78, 5) is 16.4. The summed E-state index contributed by atoms with van der Waals surface area (Å²) in [5.41, 5.74) is 4.35. The molecule has 150 valence electrons. The second-order valence-electron chi connectivity index (χ2n) is 7.15. The van der Waals surface area contributed by atoms with E-state index < -0.39 is 0 Å². The second-order valence-corrected chi connectivity index (χ2v) is 7.15. The number of halogens is 1. The van der Waals surface area contributed by atoms with E-state index in [1.165, 1.54) is 6.07 Å². The van der Waals surface area contributed by atoms with E-state index >= 15 is 0 Å². The summed E-state index contributed by atoms with van der Waals surface area (Å²) in [5, 5.41) is 2.86. The average molecular weight is 399 g/mol. The molecular weight excluding hydrogens is 377 g/mol. The number of amides is 1. The van der Waals surface area contributed by atoms with Crippen LogP contribution in [-0.2, 0) is 17.8 Å². The minimum absolute atomic E-state index is 0.0996. The van der Waals surface area contributed by atoms with Gasteiger partial charge in [0.15, 0.2) is 0 Å². The van der Waals surface area contributed by atoms with Crippen molar-refractivity contribution in [3.63, 3.8) is 0 Å². The van der Waals surface area contributed by atoms with Crippen LogP contribution in [0.1, 0.15) is 17.0 Å². The summed E-state index contributed by atoms with van der Waals surface area (Å²) in [5.74, 6) is 0.269. The van der Waals surface area contributed by atoms with Crippen LogP contribution in [0.2, 0.25) is 0 Å². The van der Waals surface area contributed by atoms with Crippen molar-refractivity contribution in [3.8, 4) is 16.8 Å². The summed E-state index contributed by atoms with van der Waals surface area (Å²) in [6.07, 6.45) is 3.64. The molecule has 0 spiro atoms. The Hall–Kier alpha value is -3.73. The van der Waals surface area contributed by atoms with Crippen LogP contribution in [0.15, 0.2) is 85.2 Å². The standard InChI is InChI=1S/C25H22FN3O/c1-18-27-13-14-29(18)24-12-9-20(15-23(24)26)17-28-25(30)16-19-7-10-22(11-8-19)21-5-3-2-4-6-21/h2-15H,16-17H2,1H3,(H,28,30). The number of hydrogen-bond acceptors (Lipinski definition) is 2. The van der Waals surface area contributed by atoms with Crippen molar-refractivity contribution in [1.82, 2.24) is 14.9 Å². The molecular formula is C25H22FN3O. The van der Waals surface area contributed by atoms with Gasteiger partial charge in [0.2, 0.25) is 5.91 Å². The van der Waals surface area contributed by atoms with Gasteiger partial charge in [-0.1, -0.05) is 60.7 Å². The van der Waals surface area contributed by atoms with Gasteiger partial charge in [-0.25, -0.2) is 9.37 Å². The lowest BCUT2D eigenvalue weighted by Crippen LogP contribution is -2.24. The molecule has 0 bridgehead atoms. The molecule has 4 aromatic rings. The van der Waals surface area contributed by atoms with E-state index in [9.17, 15) is 9.18 Å². The largest absolute Gasteiger partial charge is 0.352 e. The van der Waals surface area contributed by atoms with E-state index in [0.29, 0.717) is 17.1 Å². The van der Waals surface area contributed by atoms with Crippen LogP contribution in [0, 0.1) is 12.7 Å². The SMILES string of the molecule is Cc1nccn1-c1ccc(CNC(=O)Cc2ccc(-c3ccccc3)cc2)cc1F. The fourth-order valence-electron chi connectivity index (χ4n) is 3.38. The third-order valence-corrected chi connectivity index (χ3v) is 5.01. The Morgan fingerprint density at radius 2 is 1.67 bits per heavy atom. The monoisotopic (exact) mass is 399 g/mol. The first-order valence-electron chi connectivity index (χ1n) is 9.80. The normalized spacial score (nSPS) is 10.7. The zero-order valence-corrected chi connectivity index (χ0v) is 16.7. The number of nitrogens with zero attached hydrogens (tertiary/aromatic N) is 2. The number of aryl methyl sites for hydroxylation is 1. The molecule has 0 aliphatic heterocycles. The average Bonchev–Trinajstić information content (AvgIpc) is 3.19. The number of imidazole rings is 1. The highest BCUT2D eigenvalue weighted by Gasteiger charge is 2.09. The highest BCUT2D eigenvalue weighted by atomic mass is 19.1. The van der Waals surface area contributed by atoms with Gasteiger partial charge in [-0.3, -0.25) is 4.79 Å². The number of carbonyl (C=O) groups is 1. The van der Waals surface area contributed by atoms with Crippen LogP contribution in [0.25, 0.3) is 16.8 Å². The highest BCUT2D eigenvalue weighted by Crippen LogP contribution is 2.20. The molecule has 1 amide bonds. The number of aromatic nitrogens is 2. The molecule has 5 heteroatoms. The molecule has 0 aliphatic rings. The summed E-state index contributed by atoms with van der Waals surface area (Å²) < 4.78 is 16.2. The predicted molar refractivity (Wildman–Crippen MR) is 116 cm³/mol. The van der Waals surface area contributed by atoms with Crippen LogP contribution in [-0.4, -0.2) is 15.5 Å². The lowest BCUT2D eigenvalue weighted by Gasteiger charge is -2.10. The summed E-state index contributed by atoms with van der Waals surface area (Å²) in [6.45, 7) is 2.10. The van der Waals surface area contributed by atoms with Crippen LogP contribution < -0.4 is 5.32 Å². The molecule has 0 unspecified atom stereocenters. The fraction of sp³-hybridized carbons (Fsp3) is 0.120. The zero-order chi connectivity index (χ0) is 20.9. The number of nitrogens with one attached hydrogen (secondary N) is 1. The molecule has 4 rings (SSSR count). The maximum atomic E-state index is 14.5. The van der Waals surface area contributed by atoms with Gasteiger partial charge in [0.1, 0.15) is 11.6 Å². The van der Waals surface area contributed by atoms with Crippen molar-refractivity contribution in [1.29, 1.82) is 0 Å². The van der Waals surface area contributed by atoms with Gasteiger partial charge >= 0.3 is 0 Å². The molecule has 0 aliphatic carbocycles. The van der Waals surface area contributed by atoms with Gasteiger partial charge in [-0.2, -0.15) is 0 Å². The second kappa shape index (κ2) is 8.74. The Bertz CT molecular complexity index is 1150. The summed E-state index contributed by atoms with van der Waals surface area (Å²) >= 11 is 0. The van der Waals surface area contributed by atoms with E-state index in [1.54, 1.807) is 23.0 Å². The minimum Gasteiger partial charge on any atom is -0.352 e. The summed E-state index contributed by atoms with van der Waals surface area (Å²) in [7, 11) is 0. The lowest BCUT2D eigenvalue weighted by atomic mass is 10.0. The van der Waals surface area contributed by atoms with E-state index in [4.69, 9.17) is 0 Å². The molecule has 0 saturated heterocycles. The Morgan fingerprint density at radius 1 is 0.967 bits per heavy atom. The van der Waals surface area contributed by atoms with Gasteiger partial charge < -0.3 is 9.88 Å². The molecule has 3 aromatic carbocycles. The van der Waals surface area contributed by atoms with Crippen LogP contribution in [0.5, 0.6) is 0 Å². The quantitative estimate of drug-likeness (QED) is 0.504. The molecule has 1 heterocycles. The predicted octanol–water partition coefficient (Wildman–Crippen LogP) is 4.85. The topological polar surface area (TPSA) is 46.9 Å². The van der Waals surface area contributed by atoms with Gasteiger partial charge in [0.25, 0.3) is 0 Å². The minimum atomic E-state index is -0.348. The lowest BCUT2D eigenvalue weighted by molar-refractivity contribution is -0.120. The Kier molecular flexibility index (Phi) is 5.70. The Balaban J connectivity index is 1.35. The van der Waals surface area contributed by atoms with E-state index in [0.717, 1.165) is 16.7 Å². The maximum absolute atomic E-state index is 14.5. The van der Waals surface area contributed by atoms with Crippen molar-refractivity contribution in [3.05, 3.63) is 108 Å². The fourth-order valence-corrected chi connectivity index (χ4v) is 3.38. The van der Waals surface area contributed by atoms with Gasteiger partial charge in [0, 0.05) is 18.9 Å². The maximum Gasteiger partial charge on any atom is 0.224 e. The van der Waals surface area contributed by atoms with Crippen LogP contribution in [0.4, 0.5) is 4.39 Å². The molecule has 0 saturated carbocycles. The number of benzene rings is 3. The van der Waals surface area contributed by atoms with Crippen molar-refractivity contribution < 1.29 is 9.18 Å². The van der Waals surface area contributed by atoms with Crippen molar-refractivity contribution in [2.45, 2.75) is 19.9 Å². The van der Waals surface area contributed by atoms with E-state index in [1.807, 2.05) is 55.5 Å². The highest BCUT2D eigenvalue weighted by molar-refractivity contribution is 5.78. The number of hydrogen-bond donors (Lipinski definition) is 1. The molecule has 4 nitrogen and oxygen atoms in total. The first-order chi connectivity index (χ1) is 14.6. The molecule has 1 aromatic heterocycles. The smallest absolute Gasteiger partial charge is 0.224 e. The van der Waals surface area contributed by atoms with Crippen molar-refractivity contribution in [2.24, 2.45) is 0 Å².